The highest BCUT2D eigenvalue weighted by Crippen LogP contribution is 2.30. The molecule has 5 rings (SSSR count). The predicted octanol–water partition coefficient (Wildman–Crippen LogP) is 1.67. The summed E-state index contributed by atoms with van der Waals surface area (Å²) < 4.78 is 11.4. The molecule has 0 amide bonds. The molecular weight excluding hydrogens is 382 g/mol. The third kappa shape index (κ3) is 2.94. The minimum Gasteiger partial charge on any atom is -0.462 e. The normalized spacial score (nSPS) is 15.0. The van der Waals surface area contributed by atoms with E-state index >= 15 is 0 Å². The van der Waals surface area contributed by atoms with Gasteiger partial charge in [-0.1, -0.05) is 24.3 Å². The van der Waals surface area contributed by atoms with E-state index in [1.165, 1.54) is 0 Å². The number of aromatic nitrogens is 1. The van der Waals surface area contributed by atoms with Gasteiger partial charge in [0, 0.05) is 22.9 Å². The smallest absolute Gasteiger partial charge is 0.344 e. The molecule has 0 bridgehead atoms. The first-order chi connectivity index (χ1) is 14.7. The van der Waals surface area contributed by atoms with Gasteiger partial charge in [-0.05, 0) is 37.5 Å². The van der Waals surface area contributed by atoms with Crippen molar-refractivity contribution in [3.8, 4) is 11.1 Å². The van der Waals surface area contributed by atoms with E-state index in [1.807, 2.05) is 30.3 Å². The average Bonchev–Trinajstić information content (AvgIpc) is 3.41. The summed E-state index contributed by atoms with van der Waals surface area (Å²) in [6, 6.07) is 7.62. The maximum Gasteiger partial charge on any atom is 0.344 e. The lowest BCUT2D eigenvalue weighted by Gasteiger charge is -2.11. The Labute approximate surface area is 171 Å². The zero-order chi connectivity index (χ0) is 20.7. The molecule has 1 aliphatic heterocycles. The summed E-state index contributed by atoms with van der Waals surface area (Å²) in [4.78, 5) is 33.1. The van der Waals surface area contributed by atoms with Crippen LogP contribution in [0, 0.1) is 0 Å². The van der Waals surface area contributed by atoms with Crippen molar-refractivity contribution in [1.29, 1.82) is 0 Å². The number of hydrogen-bond donors (Lipinski definition) is 2. The number of rotatable bonds is 4. The number of nitrogens with zero attached hydrogens (tertiary/aromatic N) is 1. The molecule has 3 heterocycles. The van der Waals surface area contributed by atoms with E-state index in [2.05, 4.69) is 21.4 Å². The van der Waals surface area contributed by atoms with E-state index in [9.17, 15) is 9.59 Å². The number of carbonyl (C=O) groups is 1. The number of aromatic amines is 1. The van der Waals surface area contributed by atoms with Crippen LogP contribution in [0.3, 0.4) is 0 Å². The van der Waals surface area contributed by atoms with Crippen molar-refractivity contribution in [3.63, 3.8) is 0 Å². The molecule has 3 aromatic rings. The summed E-state index contributed by atoms with van der Waals surface area (Å²) in [5.41, 5.74) is 3.31. The van der Waals surface area contributed by atoms with Crippen LogP contribution in [0.1, 0.15) is 35.7 Å². The largest absolute Gasteiger partial charge is 0.462 e. The number of amidine groups is 1. The minimum atomic E-state index is -0.667. The van der Waals surface area contributed by atoms with Crippen molar-refractivity contribution in [1.82, 2.24) is 10.3 Å². The lowest BCUT2D eigenvalue weighted by atomic mass is 9.97. The molecule has 0 spiro atoms. The molecule has 2 aromatic heterocycles. The summed E-state index contributed by atoms with van der Waals surface area (Å²) in [5, 5.41) is 4.12. The molecule has 0 atom stereocenters. The number of nitrogens with one attached hydrogen (secondary N) is 2. The van der Waals surface area contributed by atoms with E-state index < -0.39 is 11.5 Å². The Hall–Kier alpha value is -3.61. The molecule has 1 aromatic carbocycles. The molecular formula is C23H21N3O4. The van der Waals surface area contributed by atoms with Crippen molar-refractivity contribution < 1.29 is 13.9 Å². The summed E-state index contributed by atoms with van der Waals surface area (Å²) >= 11 is 0. The number of carbonyl (C=O) groups excluding carboxylic acids is 1. The van der Waals surface area contributed by atoms with Gasteiger partial charge in [-0.25, -0.2) is 4.79 Å². The number of pyridine rings is 1. The second kappa shape index (κ2) is 7.33. The fraction of sp³-hybridized carbons (Fsp3) is 0.261. The Balaban J connectivity index is 1.84. The van der Waals surface area contributed by atoms with Gasteiger partial charge in [0.2, 0.25) is 0 Å². The summed E-state index contributed by atoms with van der Waals surface area (Å²) in [6.07, 6.45) is 5.81. The van der Waals surface area contributed by atoms with Crippen LogP contribution in [0.2, 0.25) is 0 Å². The average molecular weight is 403 g/mol. The van der Waals surface area contributed by atoms with Gasteiger partial charge in [0.15, 0.2) is 5.58 Å². The monoisotopic (exact) mass is 403 g/mol. The first-order valence-electron chi connectivity index (χ1n) is 10.1. The third-order valence-electron chi connectivity index (χ3n) is 5.34. The van der Waals surface area contributed by atoms with Gasteiger partial charge in [-0.15, -0.1) is 0 Å². The van der Waals surface area contributed by atoms with Gasteiger partial charge in [-0.3, -0.25) is 9.79 Å². The highest BCUT2D eigenvalue weighted by Gasteiger charge is 2.25. The van der Waals surface area contributed by atoms with E-state index in [0.717, 1.165) is 42.5 Å². The molecule has 7 heteroatoms. The fourth-order valence-corrected chi connectivity index (χ4v) is 4.05. The zero-order valence-electron chi connectivity index (χ0n) is 16.6. The Morgan fingerprint density at radius 2 is 2.07 bits per heavy atom. The topological polar surface area (TPSA) is 96.7 Å². The second-order valence-corrected chi connectivity index (χ2v) is 7.23. The molecule has 0 fully saturated rings. The molecule has 0 saturated heterocycles. The fourth-order valence-electron chi connectivity index (χ4n) is 4.05. The van der Waals surface area contributed by atoms with Crippen LogP contribution in [0.15, 0.2) is 38.5 Å². The molecule has 0 unspecified atom stereocenters. The molecule has 2 N–H and O–H groups in total. The number of H-pyrrole nitrogens is 1. The molecule has 152 valence electrons. The molecule has 1 aliphatic carbocycles. The standard InChI is InChI=1S/C23H21N3O4/c1-2-29-23(28)18-17(13-6-5-7-14(12-13)21-24-10-11-25-21)20-19(26-22(18)27)15-8-3-4-9-16(15)30-20/h5-9,12H,2-4,10-11H2,1H3,(H,24,25)(H,26,27). The van der Waals surface area contributed by atoms with E-state index in [-0.39, 0.29) is 12.2 Å². The van der Waals surface area contributed by atoms with E-state index in [4.69, 9.17) is 9.15 Å². The van der Waals surface area contributed by atoms with Crippen molar-refractivity contribution >= 4 is 35.1 Å². The number of hydrogen-bond acceptors (Lipinski definition) is 6. The Bertz CT molecular complexity index is 1380. The molecule has 0 radical (unpaired) electrons. The van der Waals surface area contributed by atoms with Crippen molar-refractivity contribution in [2.24, 2.45) is 4.99 Å². The van der Waals surface area contributed by atoms with E-state index in [0.29, 0.717) is 27.6 Å². The lowest BCUT2D eigenvalue weighted by Crippen LogP contribution is -2.26. The van der Waals surface area contributed by atoms with Gasteiger partial charge >= 0.3 is 5.97 Å². The molecule has 30 heavy (non-hydrogen) atoms. The highest BCUT2D eigenvalue weighted by molar-refractivity contribution is 6.06. The molecule has 0 saturated carbocycles. The van der Waals surface area contributed by atoms with Crippen LogP contribution in [-0.2, 0) is 4.74 Å². The summed E-state index contributed by atoms with van der Waals surface area (Å²) in [5.74, 6) is 0.135. The number of aliphatic imine (C=N–C) groups is 1. The third-order valence-corrected chi connectivity index (χ3v) is 5.34. The molecule has 2 aliphatic rings. The van der Waals surface area contributed by atoms with Crippen molar-refractivity contribution in [2.75, 3.05) is 19.7 Å². The van der Waals surface area contributed by atoms with Crippen LogP contribution in [0.25, 0.3) is 34.4 Å². The maximum absolute atomic E-state index is 13.0. The van der Waals surface area contributed by atoms with Crippen LogP contribution >= 0.6 is 0 Å². The first kappa shape index (κ1) is 18.4. The van der Waals surface area contributed by atoms with Crippen LogP contribution < -0.4 is 21.5 Å². The Kier molecular flexibility index (Phi) is 4.50. The summed E-state index contributed by atoms with van der Waals surface area (Å²) in [7, 11) is 0. The van der Waals surface area contributed by atoms with Gasteiger partial charge in [0.1, 0.15) is 16.8 Å². The quantitative estimate of drug-likeness (QED) is 0.646. The number of ether oxygens (including phenoxy) is 1. The maximum atomic E-state index is 13.0. The predicted molar refractivity (Wildman–Crippen MR) is 115 cm³/mol. The van der Waals surface area contributed by atoms with Crippen molar-refractivity contribution in [3.05, 3.63) is 56.4 Å². The summed E-state index contributed by atoms with van der Waals surface area (Å²) in [6.45, 7) is 3.40. The Morgan fingerprint density at radius 1 is 1.23 bits per heavy atom. The zero-order valence-corrected chi connectivity index (χ0v) is 16.6. The van der Waals surface area contributed by atoms with Gasteiger partial charge in [0.05, 0.1) is 18.7 Å². The van der Waals surface area contributed by atoms with Crippen molar-refractivity contribution in [2.45, 2.75) is 19.8 Å². The first-order valence-corrected chi connectivity index (χ1v) is 10.1. The van der Waals surface area contributed by atoms with Gasteiger partial charge in [0.25, 0.3) is 5.56 Å². The SMILES string of the molecule is CCOC(=O)c1c(-c2cccc(C3=NCCN3)c2)c2oc3c(c2[nH]c1=O)=CCCC=3. The number of furan rings is 1. The van der Waals surface area contributed by atoms with E-state index in [1.54, 1.807) is 6.92 Å². The van der Waals surface area contributed by atoms with Gasteiger partial charge in [-0.2, -0.15) is 0 Å². The second-order valence-electron chi connectivity index (χ2n) is 7.23. The number of esters is 1. The number of benzene rings is 1. The lowest BCUT2D eigenvalue weighted by molar-refractivity contribution is 0.0525. The van der Waals surface area contributed by atoms with Crippen LogP contribution in [0.4, 0.5) is 0 Å². The Morgan fingerprint density at radius 3 is 2.87 bits per heavy atom. The van der Waals surface area contributed by atoms with Crippen LogP contribution in [-0.4, -0.2) is 36.5 Å². The van der Waals surface area contributed by atoms with Gasteiger partial charge < -0.3 is 19.5 Å². The minimum absolute atomic E-state index is 0.0473. The van der Waals surface area contributed by atoms with Crippen LogP contribution in [0.5, 0.6) is 0 Å². The molecule has 7 nitrogen and oxygen atoms in total. The highest BCUT2D eigenvalue weighted by atomic mass is 16.5. The number of fused-ring (bicyclic) bond motifs is 3.